The van der Waals surface area contributed by atoms with Gasteiger partial charge in [0, 0.05) is 0 Å². The lowest BCUT2D eigenvalue weighted by Crippen LogP contribution is -2.02. The van der Waals surface area contributed by atoms with Crippen molar-refractivity contribution in [1.82, 2.24) is 0 Å². The number of aliphatic hydroxyl groups excluding tert-OH is 1. The van der Waals surface area contributed by atoms with Gasteiger partial charge in [-0.05, 0) is 35.2 Å². The Morgan fingerprint density at radius 3 is 2.37 bits per heavy atom. The first kappa shape index (κ1) is 13.3. The van der Waals surface area contributed by atoms with Crippen LogP contribution in [0.3, 0.4) is 0 Å². The predicted molar refractivity (Wildman–Crippen MR) is 73.0 cm³/mol. The highest BCUT2D eigenvalue weighted by Crippen LogP contribution is 2.13. The zero-order chi connectivity index (χ0) is 13.7. The van der Waals surface area contributed by atoms with Gasteiger partial charge in [0.2, 0.25) is 0 Å². The molecule has 2 rings (SSSR count). The first-order valence-electron chi connectivity index (χ1n) is 6.09. The SMILES string of the molecule is COC(=O)c1cccc(Cc2cccc(CO)c2)c1. The molecule has 0 bridgehead atoms. The predicted octanol–water partition coefficient (Wildman–Crippen LogP) is 2.56. The van der Waals surface area contributed by atoms with Crippen molar-refractivity contribution in [3.05, 3.63) is 70.8 Å². The summed E-state index contributed by atoms with van der Waals surface area (Å²) in [6.45, 7) is 0.0377. The molecule has 0 spiro atoms. The Hall–Kier alpha value is -2.13. The first-order valence-corrected chi connectivity index (χ1v) is 6.09. The molecule has 2 aromatic rings. The largest absolute Gasteiger partial charge is 0.465 e. The molecule has 0 fully saturated rings. The van der Waals surface area contributed by atoms with Gasteiger partial charge in [-0.1, -0.05) is 36.4 Å². The van der Waals surface area contributed by atoms with E-state index in [1.807, 2.05) is 42.5 Å². The second-order valence-electron chi connectivity index (χ2n) is 4.35. The number of benzene rings is 2. The molecule has 0 radical (unpaired) electrons. The number of hydrogen-bond acceptors (Lipinski definition) is 3. The van der Waals surface area contributed by atoms with Crippen LogP contribution in [0.25, 0.3) is 0 Å². The van der Waals surface area contributed by atoms with Crippen LogP contribution in [0.5, 0.6) is 0 Å². The Morgan fingerprint density at radius 2 is 1.68 bits per heavy atom. The minimum absolute atomic E-state index is 0.0377. The number of carbonyl (C=O) groups excluding carboxylic acids is 1. The molecule has 0 saturated carbocycles. The minimum atomic E-state index is -0.328. The van der Waals surface area contributed by atoms with E-state index in [0.717, 1.165) is 23.1 Å². The molecule has 0 aromatic heterocycles. The van der Waals surface area contributed by atoms with E-state index in [4.69, 9.17) is 9.84 Å². The van der Waals surface area contributed by atoms with Crippen LogP contribution in [0.4, 0.5) is 0 Å². The zero-order valence-corrected chi connectivity index (χ0v) is 10.8. The number of methoxy groups -OCH3 is 1. The molecular formula is C16H16O3. The van der Waals surface area contributed by atoms with Gasteiger partial charge < -0.3 is 9.84 Å². The summed E-state index contributed by atoms with van der Waals surface area (Å²) in [5.74, 6) is -0.328. The van der Waals surface area contributed by atoms with E-state index < -0.39 is 0 Å². The highest BCUT2D eigenvalue weighted by molar-refractivity contribution is 5.89. The number of hydrogen-bond donors (Lipinski definition) is 1. The molecule has 0 aliphatic carbocycles. The Morgan fingerprint density at radius 1 is 1.05 bits per heavy atom. The topological polar surface area (TPSA) is 46.5 Å². The van der Waals surface area contributed by atoms with Gasteiger partial charge >= 0.3 is 5.97 Å². The molecule has 19 heavy (non-hydrogen) atoms. The smallest absolute Gasteiger partial charge is 0.337 e. The number of ether oxygens (including phenoxy) is 1. The first-order chi connectivity index (χ1) is 9.22. The number of aliphatic hydroxyl groups is 1. The van der Waals surface area contributed by atoms with Crippen molar-refractivity contribution >= 4 is 5.97 Å². The molecule has 98 valence electrons. The van der Waals surface area contributed by atoms with Crippen LogP contribution in [-0.2, 0) is 17.8 Å². The summed E-state index contributed by atoms with van der Waals surface area (Å²) >= 11 is 0. The van der Waals surface area contributed by atoms with Crippen LogP contribution in [-0.4, -0.2) is 18.2 Å². The van der Waals surface area contributed by atoms with Gasteiger partial charge in [-0.15, -0.1) is 0 Å². The Balaban J connectivity index is 2.20. The van der Waals surface area contributed by atoms with E-state index in [9.17, 15) is 4.79 Å². The maximum atomic E-state index is 11.5. The quantitative estimate of drug-likeness (QED) is 0.855. The molecule has 0 aliphatic rings. The van der Waals surface area contributed by atoms with Crippen molar-refractivity contribution in [1.29, 1.82) is 0 Å². The van der Waals surface area contributed by atoms with Crippen molar-refractivity contribution < 1.29 is 14.6 Å². The second-order valence-corrected chi connectivity index (χ2v) is 4.35. The second kappa shape index (κ2) is 6.16. The molecule has 2 aromatic carbocycles. The van der Waals surface area contributed by atoms with Gasteiger partial charge in [0.1, 0.15) is 0 Å². The number of carbonyl (C=O) groups is 1. The van der Waals surface area contributed by atoms with E-state index >= 15 is 0 Å². The normalized spacial score (nSPS) is 10.2. The van der Waals surface area contributed by atoms with E-state index in [2.05, 4.69) is 0 Å². The third kappa shape index (κ3) is 3.42. The highest BCUT2D eigenvalue weighted by atomic mass is 16.5. The fraction of sp³-hybridized carbons (Fsp3) is 0.188. The van der Waals surface area contributed by atoms with Gasteiger partial charge in [0.25, 0.3) is 0 Å². The highest BCUT2D eigenvalue weighted by Gasteiger charge is 2.06. The van der Waals surface area contributed by atoms with Gasteiger partial charge in [-0.25, -0.2) is 4.79 Å². The van der Waals surface area contributed by atoms with Crippen molar-refractivity contribution in [2.24, 2.45) is 0 Å². The summed E-state index contributed by atoms with van der Waals surface area (Å²) in [6.07, 6.45) is 0.721. The molecule has 0 unspecified atom stereocenters. The lowest BCUT2D eigenvalue weighted by molar-refractivity contribution is 0.0600. The van der Waals surface area contributed by atoms with Gasteiger partial charge in [0.15, 0.2) is 0 Å². The Labute approximate surface area is 112 Å². The van der Waals surface area contributed by atoms with Crippen molar-refractivity contribution in [2.45, 2.75) is 13.0 Å². The average molecular weight is 256 g/mol. The third-order valence-electron chi connectivity index (χ3n) is 2.93. The van der Waals surface area contributed by atoms with Crippen LogP contribution >= 0.6 is 0 Å². The molecule has 0 saturated heterocycles. The van der Waals surface area contributed by atoms with Crippen LogP contribution in [0, 0.1) is 0 Å². The maximum Gasteiger partial charge on any atom is 0.337 e. The molecule has 3 nitrogen and oxygen atoms in total. The summed E-state index contributed by atoms with van der Waals surface area (Å²) in [4.78, 5) is 11.5. The molecule has 0 aliphatic heterocycles. The van der Waals surface area contributed by atoms with Crippen LogP contribution in [0.15, 0.2) is 48.5 Å². The van der Waals surface area contributed by atoms with Crippen molar-refractivity contribution in [3.8, 4) is 0 Å². The fourth-order valence-corrected chi connectivity index (χ4v) is 2.00. The standard InChI is InChI=1S/C16H16O3/c1-19-16(18)15-7-3-5-13(10-15)8-12-4-2-6-14(9-12)11-17/h2-7,9-10,17H,8,11H2,1H3. The van der Waals surface area contributed by atoms with E-state index in [1.54, 1.807) is 6.07 Å². The van der Waals surface area contributed by atoms with Crippen LogP contribution < -0.4 is 0 Å². The van der Waals surface area contributed by atoms with Crippen LogP contribution in [0.2, 0.25) is 0 Å². The average Bonchev–Trinajstić information content (AvgIpc) is 2.47. The summed E-state index contributed by atoms with van der Waals surface area (Å²) in [7, 11) is 1.37. The van der Waals surface area contributed by atoms with Gasteiger partial charge in [0.05, 0.1) is 19.3 Å². The minimum Gasteiger partial charge on any atom is -0.465 e. The van der Waals surface area contributed by atoms with Crippen molar-refractivity contribution in [3.63, 3.8) is 0 Å². The summed E-state index contributed by atoms with van der Waals surface area (Å²) in [6, 6.07) is 15.2. The van der Waals surface area contributed by atoms with Crippen molar-refractivity contribution in [2.75, 3.05) is 7.11 Å². The fourth-order valence-electron chi connectivity index (χ4n) is 2.00. The lowest BCUT2D eigenvalue weighted by atomic mass is 10.0. The number of rotatable bonds is 4. The molecule has 1 N–H and O–H groups in total. The summed E-state index contributed by atoms with van der Waals surface area (Å²) in [5.41, 5.74) is 3.59. The number of esters is 1. The van der Waals surface area contributed by atoms with E-state index in [0.29, 0.717) is 5.56 Å². The molecule has 0 atom stereocenters. The molecule has 0 heterocycles. The molecular weight excluding hydrogens is 240 g/mol. The molecule has 3 heteroatoms. The summed E-state index contributed by atoms with van der Waals surface area (Å²) in [5, 5.41) is 9.12. The van der Waals surface area contributed by atoms with Gasteiger partial charge in [-0.3, -0.25) is 0 Å². The summed E-state index contributed by atoms with van der Waals surface area (Å²) < 4.78 is 4.71. The molecule has 0 amide bonds. The monoisotopic (exact) mass is 256 g/mol. The zero-order valence-electron chi connectivity index (χ0n) is 10.8. The van der Waals surface area contributed by atoms with Crippen LogP contribution in [0.1, 0.15) is 27.0 Å². The Bertz CT molecular complexity index is 576. The van der Waals surface area contributed by atoms with Gasteiger partial charge in [-0.2, -0.15) is 0 Å². The van der Waals surface area contributed by atoms with E-state index in [-0.39, 0.29) is 12.6 Å². The lowest BCUT2D eigenvalue weighted by Gasteiger charge is -2.06. The van der Waals surface area contributed by atoms with E-state index in [1.165, 1.54) is 7.11 Å². The maximum absolute atomic E-state index is 11.5. The third-order valence-corrected chi connectivity index (χ3v) is 2.93. The Kier molecular flexibility index (Phi) is 4.31.